The molecule has 0 aliphatic rings. The predicted molar refractivity (Wildman–Crippen MR) is 44.5 cm³/mol. The summed E-state index contributed by atoms with van der Waals surface area (Å²) in [6.07, 6.45) is 0.874. The third-order valence-corrected chi connectivity index (χ3v) is 1.29. The molecule has 0 aromatic rings. The van der Waals surface area contributed by atoms with Gasteiger partial charge >= 0.3 is 6.09 Å². The van der Waals surface area contributed by atoms with Crippen molar-refractivity contribution in [1.82, 2.24) is 5.32 Å². The first-order chi connectivity index (χ1) is 5.74. The van der Waals surface area contributed by atoms with E-state index in [1.165, 1.54) is 0 Å². The van der Waals surface area contributed by atoms with Crippen LogP contribution in [0.1, 0.15) is 26.7 Å². The van der Waals surface area contributed by atoms with Gasteiger partial charge in [-0.25, -0.2) is 4.79 Å². The molecule has 4 heteroatoms. The summed E-state index contributed by atoms with van der Waals surface area (Å²) in [5.74, 6) is 0. The first kappa shape index (κ1) is 10.8. The van der Waals surface area contributed by atoms with Gasteiger partial charge in [-0.1, -0.05) is 13.8 Å². The largest absolute Gasteiger partial charge is 0.450 e. The molecule has 0 aromatic carbocycles. The summed E-state index contributed by atoms with van der Waals surface area (Å²) in [6, 6.07) is 1.51. The van der Waals surface area contributed by atoms with E-state index in [0.29, 0.717) is 13.0 Å². The second-order valence-electron chi connectivity index (χ2n) is 2.37. The lowest BCUT2D eigenvalue weighted by Crippen LogP contribution is -2.33. The number of amides is 1. The first-order valence-electron chi connectivity index (χ1n) is 4.07. The Morgan fingerprint density at radius 2 is 2.33 bits per heavy atom. The fraction of sp³-hybridized carbons (Fsp3) is 0.750. The summed E-state index contributed by atoms with van der Waals surface area (Å²) in [6.45, 7) is 4.14. The smallest absolute Gasteiger partial charge is 0.408 e. The molecule has 0 bridgehead atoms. The lowest BCUT2D eigenvalue weighted by molar-refractivity contribution is 0.144. The molecule has 4 nitrogen and oxygen atoms in total. The molecule has 1 atom stereocenters. The van der Waals surface area contributed by atoms with E-state index in [0.717, 1.165) is 6.42 Å². The van der Waals surface area contributed by atoms with E-state index >= 15 is 0 Å². The minimum Gasteiger partial charge on any atom is -0.450 e. The Hall–Kier alpha value is -1.24. The molecule has 0 unspecified atom stereocenters. The molecule has 68 valence electrons. The van der Waals surface area contributed by atoms with Crippen molar-refractivity contribution in [2.45, 2.75) is 32.7 Å². The van der Waals surface area contributed by atoms with Crippen LogP contribution in [0.5, 0.6) is 0 Å². The molecular weight excluding hydrogens is 156 g/mol. The molecule has 0 saturated heterocycles. The lowest BCUT2D eigenvalue weighted by atomic mass is 10.3. The second-order valence-corrected chi connectivity index (χ2v) is 2.37. The van der Waals surface area contributed by atoms with Crippen molar-refractivity contribution in [3.05, 3.63) is 0 Å². The van der Waals surface area contributed by atoms with Gasteiger partial charge in [-0.3, -0.25) is 0 Å². The number of alkyl carbamates (subject to hydrolysis) is 1. The van der Waals surface area contributed by atoms with E-state index in [-0.39, 0.29) is 0 Å². The van der Waals surface area contributed by atoms with Gasteiger partial charge in [0.05, 0.1) is 12.7 Å². The summed E-state index contributed by atoms with van der Waals surface area (Å²) in [4.78, 5) is 10.8. The fourth-order valence-corrected chi connectivity index (χ4v) is 0.604. The summed E-state index contributed by atoms with van der Waals surface area (Å²) in [5, 5.41) is 10.9. The highest BCUT2D eigenvalue weighted by atomic mass is 16.5. The Morgan fingerprint density at radius 1 is 1.67 bits per heavy atom. The van der Waals surface area contributed by atoms with Crippen LogP contribution in [-0.2, 0) is 4.74 Å². The minimum atomic E-state index is -0.509. The SMILES string of the molecule is CCCOC(=O)N[C@@H](C#N)CC. The van der Waals surface area contributed by atoms with Gasteiger partial charge in [0, 0.05) is 0 Å². The van der Waals surface area contributed by atoms with Crippen LogP contribution < -0.4 is 5.32 Å². The molecule has 1 amide bonds. The average molecular weight is 170 g/mol. The molecule has 0 spiro atoms. The number of hydrogen-bond donors (Lipinski definition) is 1. The molecule has 1 N–H and O–H groups in total. The fourth-order valence-electron chi connectivity index (χ4n) is 0.604. The van der Waals surface area contributed by atoms with Crippen molar-refractivity contribution in [2.24, 2.45) is 0 Å². The third-order valence-electron chi connectivity index (χ3n) is 1.29. The molecule has 0 aliphatic carbocycles. The maximum absolute atomic E-state index is 10.8. The maximum Gasteiger partial charge on any atom is 0.408 e. The standard InChI is InChI=1S/C8H14N2O2/c1-3-5-12-8(11)10-7(4-2)6-9/h7H,3-5H2,1-2H3,(H,10,11)/t7-/m1/s1. The molecule has 0 aliphatic heterocycles. The normalized spacial score (nSPS) is 11.4. The minimum absolute atomic E-state index is 0.397. The van der Waals surface area contributed by atoms with Crippen molar-refractivity contribution < 1.29 is 9.53 Å². The van der Waals surface area contributed by atoms with Crippen molar-refractivity contribution in [3.8, 4) is 6.07 Å². The number of rotatable bonds is 4. The Labute approximate surface area is 72.5 Å². The number of nitrogens with zero attached hydrogens (tertiary/aromatic N) is 1. The summed E-state index contributed by atoms with van der Waals surface area (Å²) in [7, 11) is 0. The van der Waals surface area contributed by atoms with Crippen LogP contribution in [0.25, 0.3) is 0 Å². The topological polar surface area (TPSA) is 62.1 Å². The van der Waals surface area contributed by atoms with Crippen molar-refractivity contribution in [3.63, 3.8) is 0 Å². The molecular formula is C8H14N2O2. The van der Waals surface area contributed by atoms with E-state index < -0.39 is 12.1 Å². The Balaban J connectivity index is 3.61. The van der Waals surface area contributed by atoms with Crippen LogP contribution in [0.2, 0.25) is 0 Å². The van der Waals surface area contributed by atoms with Gasteiger partial charge in [-0.05, 0) is 12.8 Å². The number of carbonyl (C=O) groups excluding carboxylic acids is 1. The van der Waals surface area contributed by atoms with Gasteiger partial charge in [0.15, 0.2) is 0 Å². The average Bonchev–Trinajstić information content (AvgIpc) is 2.10. The van der Waals surface area contributed by atoms with Gasteiger partial charge in [0.1, 0.15) is 6.04 Å². The number of carbonyl (C=O) groups is 1. The van der Waals surface area contributed by atoms with Crippen molar-refractivity contribution in [2.75, 3.05) is 6.61 Å². The summed E-state index contributed by atoms with van der Waals surface area (Å²) < 4.78 is 4.72. The second kappa shape index (κ2) is 6.47. The summed E-state index contributed by atoms with van der Waals surface area (Å²) in [5.41, 5.74) is 0. The molecule has 12 heavy (non-hydrogen) atoms. The number of hydrogen-bond acceptors (Lipinski definition) is 3. The van der Waals surface area contributed by atoms with Crippen LogP contribution >= 0.6 is 0 Å². The van der Waals surface area contributed by atoms with E-state index in [1.807, 2.05) is 19.9 Å². The maximum atomic E-state index is 10.8. The van der Waals surface area contributed by atoms with E-state index in [2.05, 4.69) is 5.32 Å². The van der Waals surface area contributed by atoms with E-state index in [9.17, 15) is 4.79 Å². The quantitative estimate of drug-likeness (QED) is 0.694. The number of nitriles is 1. The van der Waals surface area contributed by atoms with Crippen LogP contribution in [0.4, 0.5) is 4.79 Å². The Bertz CT molecular complexity index is 174. The molecule has 0 aromatic heterocycles. The zero-order valence-electron chi connectivity index (χ0n) is 7.46. The van der Waals surface area contributed by atoms with Gasteiger partial charge in [-0.2, -0.15) is 5.26 Å². The Kier molecular flexibility index (Phi) is 5.80. The highest BCUT2D eigenvalue weighted by Gasteiger charge is 2.08. The van der Waals surface area contributed by atoms with E-state index in [4.69, 9.17) is 10.00 Å². The third kappa shape index (κ3) is 4.56. The lowest BCUT2D eigenvalue weighted by Gasteiger charge is -2.08. The highest BCUT2D eigenvalue weighted by molar-refractivity contribution is 5.67. The van der Waals surface area contributed by atoms with Gasteiger partial charge < -0.3 is 10.1 Å². The van der Waals surface area contributed by atoms with Crippen LogP contribution in [0.15, 0.2) is 0 Å². The first-order valence-corrected chi connectivity index (χ1v) is 4.07. The van der Waals surface area contributed by atoms with Crippen LogP contribution in [0, 0.1) is 11.3 Å². The van der Waals surface area contributed by atoms with Gasteiger partial charge in [0.2, 0.25) is 0 Å². The molecule has 0 fully saturated rings. The summed E-state index contributed by atoms with van der Waals surface area (Å²) >= 11 is 0. The Morgan fingerprint density at radius 3 is 2.75 bits per heavy atom. The molecule has 0 heterocycles. The zero-order chi connectivity index (χ0) is 9.40. The monoisotopic (exact) mass is 170 g/mol. The molecule has 0 rings (SSSR count). The van der Waals surface area contributed by atoms with Crippen molar-refractivity contribution in [1.29, 1.82) is 5.26 Å². The number of ether oxygens (including phenoxy) is 1. The van der Waals surface area contributed by atoms with Crippen LogP contribution in [0.3, 0.4) is 0 Å². The highest BCUT2D eigenvalue weighted by Crippen LogP contribution is 1.89. The van der Waals surface area contributed by atoms with Gasteiger partial charge in [-0.15, -0.1) is 0 Å². The molecule has 0 radical (unpaired) electrons. The predicted octanol–water partition coefficient (Wildman–Crippen LogP) is 1.42. The zero-order valence-corrected chi connectivity index (χ0v) is 7.46. The van der Waals surface area contributed by atoms with Gasteiger partial charge in [0.25, 0.3) is 0 Å². The number of nitrogens with one attached hydrogen (secondary N) is 1. The van der Waals surface area contributed by atoms with Crippen LogP contribution in [-0.4, -0.2) is 18.7 Å². The molecule has 0 saturated carbocycles. The van der Waals surface area contributed by atoms with E-state index in [1.54, 1.807) is 0 Å². The van der Waals surface area contributed by atoms with Crippen molar-refractivity contribution >= 4 is 6.09 Å².